The summed E-state index contributed by atoms with van der Waals surface area (Å²) in [6.45, 7) is 3.61. The number of rotatable bonds is 28. The summed E-state index contributed by atoms with van der Waals surface area (Å²) in [4.78, 5) is 22.5. The predicted molar refractivity (Wildman–Crippen MR) is 172 cm³/mol. The van der Waals surface area contributed by atoms with Gasteiger partial charge in [-0.25, -0.2) is 4.98 Å². The molecule has 2 atom stereocenters. The molecule has 2 aromatic heterocycles. The highest BCUT2D eigenvalue weighted by atomic mass is 31.2. The number of aromatic nitrogens is 4. The van der Waals surface area contributed by atoms with Gasteiger partial charge in [-0.05, 0) is 6.42 Å². The molecule has 0 aliphatic rings. The average Bonchev–Trinajstić information content (AvgIpc) is 3.37. The Balaban J connectivity index is 1.45. The molecule has 2 rings (SSSR count). The molecule has 13 heteroatoms. The molecule has 0 bridgehead atoms. The summed E-state index contributed by atoms with van der Waals surface area (Å²) in [5.41, 5.74) is 12.4. The van der Waals surface area contributed by atoms with E-state index in [-0.39, 0.29) is 38.1 Å². The van der Waals surface area contributed by atoms with Crippen LogP contribution in [0.2, 0.25) is 0 Å². The first-order valence-electron chi connectivity index (χ1n) is 16.2. The lowest BCUT2D eigenvalue weighted by molar-refractivity contribution is 0.00122. The van der Waals surface area contributed by atoms with Gasteiger partial charge in [0.15, 0.2) is 11.5 Å². The Bertz CT molecular complexity index is 1040. The molecular weight excluding hydrogens is 571 g/mol. The number of hydrogen-bond donors (Lipinski definition) is 3. The zero-order chi connectivity index (χ0) is 31.2. The number of unbranched alkanes of at least 4 members (excludes halogenated alkanes) is 15. The SMILES string of the molecule is CCCCCCCCCCCCCCCCCCOCCOP(=O)(O)COC(COC)Cn1cnc2c(N)nc(N)nc21. The summed E-state index contributed by atoms with van der Waals surface area (Å²) in [7, 11) is -2.45. The maximum Gasteiger partial charge on any atom is 0.353 e. The van der Waals surface area contributed by atoms with Crippen LogP contribution in [0.15, 0.2) is 6.33 Å². The number of ether oxygens (including phenoxy) is 3. The molecule has 2 aromatic rings. The zero-order valence-corrected chi connectivity index (χ0v) is 27.5. The van der Waals surface area contributed by atoms with Crippen LogP contribution in [0.25, 0.3) is 11.2 Å². The minimum absolute atomic E-state index is 0.0204. The van der Waals surface area contributed by atoms with E-state index >= 15 is 0 Å². The van der Waals surface area contributed by atoms with Crippen molar-refractivity contribution in [3.05, 3.63) is 6.33 Å². The van der Waals surface area contributed by atoms with Crippen LogP contribution in [0.1, 0.15) is 110 Å². The Hall–Kier alpha value is -1.82. The number of nitrogens with two attached hydrogens (primary N) is 2. The number of anilines is 2. The summed E-state index contributed by atoms with van der Waals surface area (Å²) in [5, 5.41) is 0. The van der Waals surface area contributed by atoms with Crippen LogP contribution >= 0.6 is 7.60 Å². The molecule has 43 heavy (non-hydrogen) atoms. The summed E-state index contributed by atoms with van der Waals surface area (Å²) < 4.78 is 35.8. The van der Waals surface area contributed by atoms with E-state index in [2.05, 4.69) is 21.9 Å². The molecule has 0 amide bonds. The van der Waals surface area contributed by atoms with Gasteiger partial charge in [-0.3, -0.25) is 4.57 Å². The number of hydrogen-bond acceptors (Lipinski definition) is 10. The second-order valence-corrected chi connectivity index (χ2v) is 13.1. The van der Waals surface area contributed by atoms with Gasteiger partial charge in [0.1, 0.15) is 11.9 Å². The Morgan fingerprint density at radius 3 is 2.02 bits per heavy atom. The molecule has 248 valence electrons. The molecule has 0 saturated carbocycles. The normalized spacial score (nSPS) is 13.9. The van der Waals surface area contributed by atoms with E-state index in [9.17, 15) is 9.46 Å². The third kappa shape index (κ3) is 16.7. The molecule has 2 heterocycles. The molecule has 0 aliphatic heterocycles. The van der Waals surface area contributed by atoms with E-state index in [1.54, 1.807) is 4.57 Å². The third-order valence-electron chi connectivity index (χ3n) is 7.40. The summed E-state index contributed by atoms with van der Waals surface area (Å²) in [6, 6.07) is 0. The molecule has 0 saturated heterocycles. The first-order valence-corrected chi connectivity index (χ1v) is 18.0. The fraction of sp³-hybridized carbons (Fsp3) is 0.833. The van der Waals surface area contributed by atoms with Crippen LogP contribution in [-0.2, 0) is 29.8 Å². The minimum atomic E-state index is -3.97. The lowest BCUT2D eigenvalue weighted by Crippen LogP contribution is -2.26. The molecular formula is C30H57N6O6P. The van der Waals surface area contributed by atoms with E-state index in [1.807, 2.05) is 0 Å². The number of nitrogens with zero attached hydrogens (tertiary/aromatic N) is 4. The summed E-state index contributed by atoms with van der Waals surface area (Å²) in [6.07, 6.45) is 21.7. The molecule has 0 radical (unpaired) electrons. The van der Waals surface area contributed by atoms with Crippen molar-refractivity contribution in [1.29, 1.82) is 0 Å². The summed E-state index contributed by atoms with van der Waals surface area (Å²) in [5.74, 6) is 0.206. The molecule has 0 aliphatic carbocycles. The maximum absolute atomic E-state index is 12.5. The highest BCUT2D eigenvalue weighted by Crippen LogP contribution is 2.42. The second-order valence-electron chi connectivity index (χ2n) is 11.3. The Kier molecular flexibility index (Phi) is 19.7. The average molecular weight is 629 g/mol. The zero-order valence-electron chi connectivity index (χ0n) is 26.6. The highest BCUT2D eigenvalue weighted by molar-refractivity contribution is 7.52. The van der Waals surface area contributed by atoms with Gasteiger partial charge in [0.05, 0.1) is 38.8 Å². The summed E-state index contributed by atoms with van der Waals surface area (Å²) >= 11 is 0. The van der Waals surface area contributed by atoms with Crippen molar-refractivity contribution in [2.75, 3.05) is 51.4 Å². The predicted octanol–water partition coefficient (Wildman–Crippen LogP) is 6.46. The first-order chi connectivity index (χ1) is 20.9. The quantitative estimate of drug-likeness (QED) is 0.0698. The van der Waals surface area contributed by atoms with E-state index in [1.165, 1.54) is 103 Å². The molecule has 12 nitrogen and oxygen atoms in total. The standard InChI is InChI=1S/C30H57N6O6P/c1-3-4-5-6-7-8-9-10-11-12-13-14-15-16-17-18-19-40-20-21-42-43(37,38)25-41-26(23-39-2)22-36-24-33-27-28(31)34-30(32)35-29(27)36/h24,26H,3-23,25H2,1-2H3,(H,37,38)(H4,31,32,34,35). The first kappa shape index (κ1) is 37.4. The fourth-order valence-corrected chi connectivity index (χ4v) is 5.84. The Morgan fingerprint density at radius 1 is 0.860 bits per heavy atom. The third-order valence-corrected chi connectivity index (χ3v) is 8.46. The lowest BCUT2D eigenvalue weighted by atomic mass is 10.0. The van der Waals surface area contributed by atoms with Gasteiger partial charge in [-0.2, -0.15) is 9.97 Å². The van der Waals surface area contributed by atoms with Crippen LogP contribution in [0.4, 0.5) is 11.8 Å². The Labute approximate surface area is 258 Å². The lowest BCUT2D eigenvalue weighted by Gasteiger charge is -2.20. The van der Waals surface area contributed by atoms with Gasteiger partial charge in [0, 0.05) is 13.7 Å². The van der Waals surface area contributed by atoms with Gasteiger partial charge in [-0.1, -0.05) is 103 Å². The van der Waals surface area contributed by atoms with E-state index < -0.39 is 20.0 Å². The molecule has 0 spiro atoms. The monoisotopic (exact) mass is 628 g/mol. The maximum atomic E-state index is 12.5. The van der Waals surface area contributed by atoms with Gasteiger partial charge in [0.25, 0.3) is 0 Å². The number of nitrogen functional groups attached to an aromatic ring is 2. The van der Waals surface area contributed by atoms with Gasteiger partial charge >= 0.3 is 7.60 Å². The van der Waals surface area contributed by atoms with Gasteiger partial charge in [-0.15, -0.1) is 0 Å². The van der Waals surface area contributed by atoms with Crippen molar-refractivity contribution in [3.8, 4) is 0 Å². The largest absolute Gasteiger partial charge is 0.382 e. The van der Waals surface area contributed by atoms with E-state index in [0.29, 0.717) is 17.8 Å². The van der Waals surface area contributed by atoms with Crippen LogP contribution in [0.5, 0.6) is 0 Å². The molecule has 5 N–H and O–H groups in total. The smallest absolute Gasteiger partial charge is 0.353 e. The van der Waals surface area contributed by atoms with Gasteiger partial charge in [0.2, 0.25) is 5.95 Å². The van der Waals surface area contributed by atoms with E-state index in [4.69, 9.17) is 30.2 Å². The van der Waals surface area contributed by atoms with Crippen molar-refractivity contribution in [2.45, 2.75) is 122 Å². The van der Waals surface area contributed by atoms with Crippen molar-refractivity contribution < 1.29 is 28.2 Å². The minimum Gasteiger partial charge on any atom is -0.382 e. The molecule has 0 fully saturated rings. The van der Waals surface area contributed by atoms with Crippen molar-refractivity contribution >= 4 is 30.5 Å². The molecule has 0 aromatic carbocycles. The van der Waals surface area contributed by atoms with Crippen LogP contribution < -0.4 is 11.5 Å². The van der Waals surface area contributed by atoms with Crippen molar-refractivity contribution in [2.24, 2.45) is 0 Å². The van der Waals surface area contributed by atoms with Crippen LogP contribution in [0, 0.1) is 0 Å². The molecule has 2 unspecified atom stereocenters. The number of imidazole rings is 1. The van der Waals surface area contributed by atoms with Gasteiger partial charge < -0.3 is 39.7 Å². The number of methoxy groups -OCH3 is 1. The van der Waals surface area contributed by atoms with Crippen molar-refractivity contribution in [1.82, 2.24) is 19.5 Å². The van der Waals surface area contributed by atoms with Crippen LogP contribution in [0.3, 0.4) is 0 Å². The van der Waals surface area contributed by atoms with E-state index in [0.717, 1.165) is 12.8 Å². The fourth-order valence-electron chi connectivity index (χ4n) is 5.01. The topological polar surface area (TPSA) is 170 Å². The highest BCUT2D eigenvalue weighted by Gasteiger charge is 2.23. The number of fused-ring (bicyclic) bond motifs is 1. The van der Waals surface area contributed by atoms with Crippen molar-refractivity contribution in [3.63, 3.8) is 0 Å². The van der Waals surface area contributed by atoms with Crippen LogP contribution in [-0.4, -0.2) is 70.4 Å². The second kappa shape index (κ2) is 22.7. The Morgan fingerprint density at radius 2 is 1.44 bits per heavy atom.